The molecule has 0 aliphatic heterocycles. The molecule has 0 radical (unpaired) electrons. The third-order valence-electron chi connectivity index (χ3n) is 5.79. The molecule has 2 unspecified atom stereocenters. The van der Waals surface area contributed by atoms with Gasteiger partial charge in [0.05, 0.1) is 11.4 Å². The fourth-order valence-corrected chi connectivity index (χ4v) is 5.28. The first-order chi connectivity index (χ1) is 12.9. The van der Waals surface area contributed by atoms with Crippen molar-refractivity contribution in [1.82, 2.24) is 14.9 Å². The lowest BCUT2D eigenvalue weighted by atomic mass is 9.89. The van der Waals surface area contributed by atoms with Crippen LogP contribution in [0.15, 0.2) is 29.1 Å². The van der Waals surface area contributed by atoms with Crippen LogP contribution in [0, 0.1) is 12.8 Å². The number of H-pyrrole nitrogens is 1. The van der Waals surface area contributed by atoms with Crippen molar-refractivity contribution in [2.45, 2.75) is 52.6 Å². The number of rotatable bonds is 4. The second-order valence-corrected chi connectivity index (χ2v) is 9.14. The van der Waals surface area contributed by atoms with Crippen LogP contribution in [0.4, 0.5) is 0 Å². The number of hydrogen-bond donors (Lipinski definition) is 1. The standard InChI is InChI=1S/C22H27N3OS/c1-13-5-8-16(9-6-13)12-25(4)15(3)20-23-21(26)19-17-10-7-14(2)11-18(17)27-22(19)24-20/h5-6,8-9,14-15H,7,10-12H2,1-4H3,(H,23,24,26). The molecule has 0 bridgehead atoms. The fourth-order valence-electron chi connectivity index (χ4n) is 3.89. The first kappa shape index (κ1) is 18.4. The molecule has 5 heteroatoms. The quantitative estimate of drug-likeness (QED) is 0.718. The van der Waals surface area contributed by atoms with E-state index in [1.54, 1.807) is 11.3 Å². The van der Waals surface area contributed by atoms with Crippen LogP contribution >= 0.6 is 11.3 Å². The van der Waals surface area contributed by atoms with E-state index >= 15 is 0 Å². The molecule has 142 valence electrons. The van der Waals surface area contributed by atoms with Gasteiger partial charge >= 0.3 is 0 Å². The summed E-state index contributed by atoms with van der Waals surface area (Å²) in [7, 11) is 2.08. The monoisotopic (exact) mass is 381 g/mol. The molecule has 4 nitrogen and oxygen atoms in total. The van der Waals surface area contributed by atoms with Gasteiger partial charge in [-0.1, -0.05) is 36.8 Å². The lowest BCUT2D eigenvalue weighted by Crippen LogP contribution is -2.26. The maximum absolute atomic E-state index is 12.8. The number of nitrogens with one attached hydrogen (secondary N) is 1. The van der Waals surface area contributed by atoms with E-state index in [1.165, 1.54) is 21.6 Å². The number of aromatic amines is 1. The Bertz CT molecular complexity index is 1020. The molecule has 0 saturated heterocycles. The summed E-state index contributed by atoms with van der Waals surface area (Å²) < 4.78 is 0. The molecule has 4 rings (SSSR count). The molecule has 1 N–H and O–H groups in total. The molecular formula is C22H27N3OS. The highest BCUT2D eigenvalue weighted by atomic mass is 32.1. The minimum atomic E-state index is 0.0256. The molecule has 1 aromatic carbocycles. The summed E-state index contributed by atoms with van der Waals surface area (Å²) in [5.41, 5.74) is 3.80. The van der Waals surface area contributed by atoms with Gasteiger partial charge in [0.15, 0.2) is 0 Å². The second-order valence-electron chi connectivity index (χ2n) is 8.06. The van der Waals surface area contributed by atoms with Gasteiger partial charge in [-0.15, -0.1) is 11.3 Å². The van der Waals surface area contributed by atoms with E-state index in [1.807, 2.05) is 0 Å². The van der Waals surface area contributed by atoms with E-state index in [4.69, 9.17) is 4.98 Å². The largest absolute Gasteiger partial charge is 0.309 e. The van der Waals surface area contributed by atoms with Crippen molar-refractivity contribution in [3.63, 3.8) is 0 Å². The highest BCUT2D eigenvalue weighted by Gasteiger charge is 2.24. The van der Waals surface area contributed by atoms with E-state index in [0.29, 0.717) is 5.92 Å². The molecule has 0 spiro atoms. The lowest BCUT2D eigenvalue weighted by Gasteiger charge is -2.24. The average molecular weight is 382 g/mol. The Morgan fingerprint density at radius 3 is 2.81 bits per heavy atom. The highest BCUT2D eigenvalue weighted by Crippen LogP contribution is 2.36. The molecule has 0 fully saturated rings. The topological polar surface area (TPSA) is 49.0 Å². The Hall–Kier alpha value is -1.98. The molecule has 1 aliphatic rings. The summed E-state index contributed by atoms with van der Waals surface area (Å²) in [6, 6.07) is 8.63. The number of aromatic nitrogens is 2. The predicted octanol–water partition coefficient (Wildman–Crippen LogP) is 4.61. The van der Waals surface area contributed by atoms with E-state index in [-0.39, 0.29) is 11.6 Å². The zero-order valence-corrected chi connectivity index (χ0v) is 17.3. The molecule has 3 aromatic rings. The van der Waals surface area contributed by atoms with Crippen molar-refractivity contribution < 1.29 is 0 Å². The van der Waals surface area contributed by atoms with Gasteiger partial charge in [-0.3, -0.25) is 9.69 Å². The van der Waals surface area contributed by atoms with Crippen LogP contribution in [-0.4, -0.2) is 21.9 Å². The number of hydrogen-bond acceptors (Lipinski definition) is 4. The Labute approximate surface area is 164 Å². The van der Waals surface area contributed by atoms with Crippen molar-refractivity contribution in [2.24, 2.45) is 5.92 Å². The smallest absolute Gasteiger partial charge is 0.259 e. The van der Waals surface area contributed by atoms with E-state index in [0.717, 1.165) is 41.8 Å². The van der Waals surface area contributed by atoms with E-state index < -0.39 is 0 Å². The Morgan fingerprint density at radius 1 is 1.33 bits per heavy atom. The molecular weight excluding hydrogens is 354 g/mol. The minimum Gasteiger partial charge on any atom is -0.309 e. The second kappa shape index (κ2) is 7.21. The minimum absolute atomic E-state index is 0.0256. The van der Waals surface area contributed by atoms with Gasteiger partial charge in [-0.25, -0.2) is 4.98 Å². The first-order valence-corrected chi connectivity index (χ1v) is 10.5. The average Bonchev–Trinajstić information content (AvgIpc) is 3.00. The number of aryl methyl sites for hydroxylation is 2. The number of benzene rings is 1. The predicted molar refractivity (Wildman–Crippen MR) is 112 cm³/mol. The van der Waals surface area contributed by atoms with Gasteiger partial charge in [0.2, 0.25) is 0 Å². The Morgan fingerprint density at radius 2 is 2.07 bits per heavy atom. The van der Waals surface area contributed by atoms with Gasteiger partial charge in [0.25, 0.3) is 5.56 Å². The zero-order valence-electron chi connectivity index (χ0n) is 16.5. The number of nitrogens with zero attached hydrogens (tertiary/aromatic N) is 2. The van der Waals surface area contributed by atoms with E-state index in [9.17, 15) is 4.79 Å². The lowest BCUT2D eigenvalue weighted by molar-refractivity contribution is 0.244. The van der Waals surface area contributed by atoms with Crippen LogP contribution in [0.25, 0.3) is 10.2 Å². The molecule has 0 saturated carbocycles. The van der Waals surface area contributed by atoms with Crippen molar-refractivity contribution in [3.05, 3.63) is 62.0 Å². The Balaban J connectivity index is 1.63. The van der Waals surface area contributed by atoms with Crippen LogP contribution in [0.1, 0.15) is 53.7 Å². The Kier molecular flexibility index (Phi) is 4.91. The normalized spacial score (nSPS) is 18.0. The van der Waals surface area contributed by atoms with Crippen LogP contribution in [0.3, 0.4) is 0 Å². The van der Waals surface area contributed by atoms with Crippen LogP contribution in [0.5, 0.6) is 0 Å². The van der Waals surface area contributed by atoms with Gasteiger partial charge in [0, 0.05) is 11.4 Å². The van der Waals surface area contributed by atoms with Gasteiger partial charge in [0.1, 0.15) is 10.7 Å². The zero-order chi connectivity index (χ0) is 19.1. The number of thiophene rings is 1. The third kappa shape index (κ3) is 3.58. The van der Waals surface area contributed by atoms with Crippen LogP contribution in [-0.2, 0) is 19.4 Å². The number of fused-ring (bicyclic) bond motifs is 3. The molecule has 2 atom stereocenters. The molecule has 2 aromatic heterocycles. The fraction of sp³-hybridized carbons (Fsp3) is 0.455. The third-order valence-corrected chi connectivity index (χ3v) is 6.94. The maximum Gasteiger partial charge on any atom is 0.259 e. The van der Waals surface area contributed by atoms with Crippen LogP contribution < -0.4 is 5.56 Å². The van der Waals surface area contributed by atoms with Crippen molar-refractivity contribution in [1.29, 1.82) is 0 Å². The maximum atomic E-state index is 12.8. The molecule has 2 heterocycles. The summed E-state index contributed by atoms with van der Waals surface area (Å²) >= 11 is 1.72. The van der Waals surface area contributed by atoms with Crippen LogP contribution in [0.2, 0.25) is 0 Å². The van der Waals surface area contributed by atoms with Crippen molar-refractivity contribution in [3.8, 4) is 0 Å². The summed E-state index contributed by atoms with van der Waals surface area (Å²) in [6.45, 7) is 7.31. The van der Waals surface area contributed by atoms with Gasteiger partial charge in [-0.05, 0) is 57.2 Å². The van der Waals surface area contributed by atoms with Gasteiger partial charge in [-0.2, -0.15) is 0 Å². The van der Waals surface area contributed by atoms with Gasteiger partial charge < -0.3 is 4.98 Å². The first-order valence-electron chi connectivity index (χ1n) is 9.72. The van der Waals surface area contributed by atoms with E-state index in [2.05, 4.69) is 62.0 Å². The van der Waals surface area contributed by atoms with Crippen molar-refractivity contribution >= 4 is 21.6 Å². The summed E-state index contributed by atoms with van der Waals surface area (Å²) in [5, 5.41) is 0.832. The summed E-state index contributed by atoms with van der Waals surface area (Å²) in [4.78, 5) is 25.3. The highest BCUT2D eigenvalue weighted by molar-refractivity contribution is 7.18. The summed E-state index contributed by atoms with van der Waals surface area (Å²) in [6.07, 6.45) is 3.24. The van der Waals surface area contributed by atoms with Crippen molar-refractivity contribution in [2.75, 3.05) is 7.05 Å². The molecule has 27 heavy (non-hydrogen) atoms. The SMILES string of the molecule is Cc1ccc(CN(C)C(C)c2nc3sc4c(c3c(=O)[nH]2)CCC(C)C4)cc1. The summed E-state index contributed by atoms with van der Waals surface area (Å²) in [5.74, 6) is 1.46. The molecule has 1 aliphatic carbocycles. The molecule has 0 amide bonds.